The van der Waals surface area contributed by atoms with Crippen LogP contribution in [0.1, 0.15) is 16.7 Å². The highest BCUT2D eigenvalue weighted by Gasteiger charge is 2.29. The molecule has 0 aliphatic carbocycles. The number of thiophene rings is 1. The molecule has 0 saturated heterocycles. The van der Waals surface area contributed by atoms with E-state index in [0.717, 1.165) is 21.3 Å². The van der Waals surface area contributed by atoms with Gasteiger partial charge in [-0.05, 0) is 52.0 Å². The molecule has 2 heterocycles. The summed E-state index contributed by atoms with van der Waals surface area (Å²) in [7, 11) is -3.38. The maximum Gasteiger partial charge on any atom is 0.252 e. The van der Waals surface area contributed by atoms with Gasteiger partial charge in [0.2, 0.25) is 0 Å². The van der Waals surface area contributed by atoms with E-state index in [9.17, 15) is 8.42 Å². The summed E-state index contributed by atoms with van der Waals surface area (Å²) in [6, 6.07) is 9.78. The minimum atomic E-state index is -3.38. The fourth-order valence-electron chi connectivity index (χ4n) is 2.36. The zero-order chi connectivity index (χ0) is 14.3. The predicted octanol–water partition coefficient (Wildman–Crippen LogP) is 3.57. The van der Waals surface area contributed by atoms with Crippen molar-refractivity contribution < 1.29 is 8.42 Å². The van der Waals surface area contributed by atoms with Crippen molar-refractivity contribution >= 4 is 37.3 Å². The van der Waals surface area contributed by atoms with Crippen LogP contribution in [0, 0.1) is 6.92 Å². The zero-order valence-electron chi connectivity index (χ0n) is 11.0. The van der Waals surface area contributed by atoms with Crippen LogP contribution in [0.25, 0.3) is 0 Å². The number of fused-ring (bicyclic) bond motifs is 1. The van der Waals surface area contributed by atoms with E-state index < -0.39 is 10.0 Å². The van der Waals surface area contributed by atoms with Gasteiger partial charge in [0.25, 0.3) is 10.0 Å². The van der Waals surface area contributed by atoms with E-state index >= 15 is 0 Å². The maximum atomic E-state index is 12.7. The molecule has 1 aliphatic heterocycles. The van der Waals surface area contributed by atoms with Gasteiger partial charge in [0.15, 0.2) is 0 Å². The van der Waals surface area contributed by atoms with Crippen molar-refractivity contribution in [2.75, 3.05) is 6.54 Å². The SMILES string of the molecule is Cc1cc(S(=O)(=O)N2CCc3ccccc3C2)sc1Br. The molecule has 106 valence electrons. The van der Waals surface area contributed by atoms with Crippen molar-refractivity contribution in [1.82, 2.24) is 4.31 Å². The number of aryl methyl sites for hydroxylation is 1. The van der Waals surface area contributed by atoms with Gasteiger partial charge in [0.05, 0.1) is 3.79 Å². The number of halogens is 1. The van der Waals surface area contributed by atoms with Crippen LogP contribution >= 0.6 is 27.3 Å². The van der Waals surface area contributed by atoms with Crippen LogP contribution in [0.2, 0.25) is 0 Å². The highest BCUT2D eigenvalue weighted by molar-refractivity contribution is 9.11. The van der Waals surface area contributed by atoms with E-state index in [0.29, 0.717) is 17.3 Å². The quantitative estimate of drug-likeness (QED) is 0.808. The molecular weight excluding hydrogens is 358 g/mol. The lowest BCUT2D eigenvalue weighted by atomic mass is 10.0. The molecule has 0 unspecified atom stereocenters. The fourth-order valence-corrected chi connectivity index (χ4v) is 6.16. The van der Waals surface area contributed by atoms with Crippen molar-refractivity contribution in [3.63, 3.8) is 0 Å². The molecule has 20 heavy (non-hydrogen) atoms. The van der Waals surface area contributed by atoms with Gasteiger partial charge in [0, 0.05) is 13.1 Å². The summed E-state index contributed by atoms with van der Waals surface area (Å²) in [6.45, 7) is 2.92. The van der Waals surface area contributed by atoms with Crippen molar-refractivity contribution in [2.45, 2.75) is 24.1 Å². The Balaban J connectivity index is 1.94. The van der Waals surface area contributed by atoms with Crippen LogP contribution in [-0.2, 0) is 23.0 Å². The van der Waals surface area contributed by atoms with Crippen molar-refractivity contribution in [3.8, 4) is 0 Å². The third kappa shape index (κ3) is 2.45. The van der Waals surface area contributed by atoms with Crippen molar-refractivity contribution in [2.24, 2.45) is 0 Å². The molecule has 1 aromatic heterocycles. The Morgan fingerprint density at radius 1 is 1.25 bits per heavy atom. The average Bonchev–Trinajstić information content (AvgIpc) is 2.79. The highest BCUT2D eigenvalue weighted by Crippen LogP contribution is 2.33. The van der Waals surface area contributed by atoms with Gasteiger partial charge in [-0.15, -0.1) is 11.3 Å². The third-order valence-corrected chi connectivity index (χ3v) is 7.96. The lowest BCUT2D eigenvalue weighted by Crippen LogP contribution is -2.35. The molecular formula is C14H14BrNO2S2. The summed E-state index contributed by atoms with van der Waals surface area (Å²) in [5, 5.41) is 0. The summed E-state index contributed by atoms with van der Waals surface area (Å²) in [5.41, 5.74) is 3.32. The first-order valence-corrected chi connectivity index (χ1v) is 9.36. The molecule has 0 atom stereocenters. The zero-order valence-corrected chi connectivity index (χ0v) is 14.2. The van der Waals surface area contributed by atoms with E-state index in [1.165, 1.54) is 16.9 Å². The molecule has 2 aromatic rings. The average molecular weight is 372 g/mol. The van der Waals surface area contributed by atoms with Crippen LogP contribution in [0.15, 0.2) is 38.3 Å². The monoisotopic (exact) mass is 371 g/mol. The summed E-state index contributed by atoms with van der Waals surface area (Å²) in [5.74, 6) is 0. The van der Waals surface area contributed by atoms with E-state index in [2.05, 4.69) is 22.0 Å². The van der Waals surface area contributed by atoms with Gasteiger partial charge in [-0.2, -0.15) is 4.31 Å². The minimum Gasteiger partial charge on any atom is -0.206 e. The van der Waals surface area contributed by atoms with E-state index in [1.54, 1.807) is 10.4 Å². The Bertz CT molecular complexity index is 733. The Labute approximate surface area is 131 Å². The molecule has 1 aromatic carbocycles. The lowest BCUT2D eigenvalue weighted by molar-refractivity contribution is 0.392. The molecule has 0 radical (unpaired) electrons. The lowest BCUT2D eigenvalue weighted by Gasteiger charge is -2.27. The standard InChI is InChI=1S/C14H14BrNO2S2/c1-10-8-13(19-14(10)15)20(17,18)16-7-6-11-4-2-3-5-12(11)9-16/h2-5,8H,6-7,9H2,1H3. The van der Waals surface area contributed by atoms with Gasteiger partial charge in [-0.1, -0.05) is 24.3 Å². The molecule has 0 saturated carbocycles. The van der Waals surface area contributed by atoms with Crippen LogP contribution < -0.4 is 0 Å². The second-order valence-corrected chi connectivity index (χ2v) is 9.41. The predicted molar refractivity (Wildman–Crippen MR) is 84.5 cm³/mol. The van der Waals surface area contributed by atoms with Crippen LogP contribution in [0.4, 0.5) is 0 Å². The van der Waals surface area contributed by atoms with E-state index in [-0.39, 0.29) is 0 Å². The molecule has 3 nitrogen and oxygen atoms in total. The number of hydrogen-bond donors (Lipinski definition) is 0. The molecule has 3 rings (SSSR count). The van der Waals surface area contributed by atoms with Gasteiger partial charge >= 0.3 is 0 Å². The van der Waals surface area contributed by atoms with Crippen molar-refractivity contribution in [1.29, 1.82) is 0 Å². The second kappa shape index (κ2) is 5.26. The molecule has 0 fully saturated rings. The van der Waals surface area contributed by atoms with Crippen LogP contribution in [0.3, 0.4) is 0 Å². The first kappa shape index (κ1) is 14.3. The van der Waals surface area contributed by atoms with Gasteiger partial charge in [0.1, 0.15) is 4.21 Å². The number of sulfonamides is 1. The molecule has 0 N–H and O–H groups in total. The molecule has 0 bridgehead atoms. The molecule has 0 spiro atoms. The Morgan fingerprint density at radius 3 is 2.60 bits per heavy atom. The van der Waals surface area contributed by atoms with Gasteiger partial charge in [-0.25, -0.2) is 8.42 Å². The minimum absolute atomic E-state index is 0.418. The number of rotatable bonds is 2. The maximum absolute atomic E-state index is 12.7. The largest absolute Gasteiger partial charge is 0.252 e. The van der Waals surface area contributed by atoms with Crippen LogP contribution in [-0.4, -0.2) is 19.3 Å². The third-order valence-electron chi connectivity index (χ3n) is 3.52. The first-order valence-electron chi connectivity index (χ1n) is 6.31. The Kier molecular flexibility index (Phi) is 3.75. The highest BCUT2D eigenvalue weighted by atomic mass is 79.9. The van der Waals surface area contributed by atoms with Gasteiger partial charge < -0.3 is 0 Å². The second-order valence-electron chi connectivity index (χ2n) is 4.88. The molecule has 6 heteroatoms. The number of benzene rings is 1. The summed E-state index contributed by atoms with van der Waals surface area (Å²) < 4.78 is 28.2. The van der Waals surface area contributed by atoms with Crippen molar-refractivity contribution in [3.05, 3.63) is 50.8 Å². The summed E-state index contributed by atoms with van der Waals surface area (Å²) in [6.07, 6.45) is 0.779. The molecule has 0 amide bonds. The van der Waals surface area contributed by atoms with E-state index in [4.69, 9.17) is 0 Å². The topological polar surface area (TPSA) is 37.4 Å². The summed E-state index contributed by atoms with van der Waals surface area (Å²) >= 11 is 4.68. The van der Waals surface area contributed by atoms with Crippen LogP contribution in [0.5, 0.6) is 0 Å². The Morgan fingerprint density at radius 2 is 1.95 bits per heavy atom. The normalized spacial score (nSPS) is 16.1. The first-order chi connectivity index (χ1) is 9.48. The Hall–Kier alpha value is -0.690. The molecule has 1 aliphatic rings. The smallest absolute Gasteiger partial charge is 0.206 e. The number of hydrogen-bond acceptors (Lipinski definition) is 3. The number of nitrogens with zero attached hydrogens (tertiary/aromatic N) is 1. The van der Waals surface area contributed by atoms with Gasteiger partial charge in [-0.3, -0.25) is 0 Å². The van der Waals surface area contributed by atoms with E-state index in [1.807, 2.05) is 25.1 Å². The summed E-state index contributed by atoms with van der Waals surface area (Å²) in [4.78, 5) is 0. The fraction of sp³-hybridized carbons (Fsp3) is 0.286.